The summed E-state index contributed by atoms with van der Waals surface area (Å²) in [5, 5.41) is 6.61. The van der Waals surface area contributed by atoms with Gasteiger partial charge in [-0.1, -0.05) is 29.8 Å². The third-order valence-corrected chi connectivity index (χ3v) is 4.12. The molecule has 6 heteroatoms. The molecule has 0 bridgehead atoms. The van der Waals surface area contributed by atoms with Crippen molar-refractivity contribution in [2.75, 3.05) is 27.9 Å². The lowest BCUT2D eigenvalue weighted by Crippen LogP contribution is -2.36. The van der Waals surface area contributed by atoms with Gasteiger partial charge < -0.3 is 24.8 Å². The van der Waals surface area contributed by atoms with E-state index >= 15 is 0 Å². The molecular weight excluding hydrogens is 342 g/mol. The SMILES string of the molecule is CCNC(=NCc1ccc(C)cc1)NCc1cc(OC)c(OC)cc1OC. The first-order chi connectivity index (χ1) is 13.1. The Bertz CT molecular complexity index is 758. The van der Waals surface area contributed by atoms with Crippen molar-refractivity contribution in [3.05, 3.63) is 53.1 Å². The Morgan fingerprint density at radius 3 is 2.11 bits per heavy atom. The maximum absolute atomic E-state index is 5.48. The van der Waals surface area contributed by atoms with Crippen LogP contribution in [-0.4, -0.2) is 33.8 Å². The zero-order valence-corrected chi connectivity index (χ0v) is 16.8. The van der Waals surface area contributed by atoms with Crippen LogP contribution in [0.4, 0.5) is 0 Å². The smallest absolute Gasteiger partial charge is 0.191 e. The van der Waals surface area contributed by atoms with Crippen LogP contribution in [-0.2, 0) is 13.1 Å². The van der Waals surface area contributed by atoms with Crippen molar-refractivity contribution in [3.8, 4) is 17.2 Å². The van der Waals surface area contributed by atoms with Crippen molar-refractivity contribution in [2.24, 2.45) is 4.99 Å². The first-order valence-corrected chi connectivity index (χ1v) is 8.97. The van der Waals surface area contributed by atoms with Crippen molar-refractivity contribution < 1.29 is 14.2 Å². The van der Waals surface area contributed by atoms with Gasteiger partial charge in [-0.15, -0.1) is 0 Å². The monoisotopic (exact) mass is 371 g/mol. The predicted molar refractivity (Wildman–Crippen MR) is 109 cm³/mol. The minimum atomic E-state index is 0.545. The van der Waals surface area contributed by atoms with E-state index in [1.807, 2.05) is 19.1 Å². The number of methoxy groups -OCH3 is 3. The highest BCUT2D eigenvalue weighted by Crippen LogP contribution is 2.34. The number of aliphatic imine (C=N–C) groups is 1. The highest BCUT2D eigenvalue weighted by molar-refractivity contribution is 5.79. The summed E-state index contributed by atoms with van der Waals surface area (Å²) in [6.45, 7) is 6.06. The molecule has 0 aliphatic heterocycles. The summed E-state index contributed by atoms with van der Waals surface area (Å²) < 4.78 is 16.2. The molecule has 2 aromatic carbocycles. The molecule has 0 spiro atoms. The molecule has 0 aromatic heterocycles. The van der Waals surface area contributed by atoms with E-state index in [4.69, 9.17) is 14.2 Å². The third kappa shape index (κ3) is 5.81. The highest BCUT2D eigenvalue weighted by atomic mass is 16.5. The molecule has 0 heterocycles. The number of aryl methyl sites for hydroxylation is 1. The summed E-state index contributed by atoms with van der Waals surface area (Å²) in [7, 11) is 4.87. The quantitative estimate of drug-likeness (QED) is 0.551. The van der Waals surface area contributed by atoms with Crippen molar-refractivity contribution in [1.82, 2.24) is 10.6 Å². The number of nitrogens with zero attached hydrogens (tertiary/aromatic N) is 1. The normalized spacial score (nSPS) is 11.1. The van der Waals surface area contributed by atoms with Gasteiger partial charge in [-0.25, -0.2) is 4.99 Å². The largest absolute Gasteiger partial charge is 0.496 e. The molecule has 0 amide bonds. The van der Waals surface area contributed by atoms with E-state index in [-0.39, 0.29) is 0 Å². The Morgan fingerprint density at radius 2 is 1.52 bits per heavy atom. The van der Waals surface area contributed by atoms with Crippen molar-refractivity contribution >= 4 is 5.96 Å². The zero-order chi connectivity index (χ0) is 19.6. The molecule has 2 rings (SSSR count). The fourth-order valence-corrected chi connectivity index (χ4v) is 2.62. The van der Waals surface area contributed by atoms with Crippen LogP contribution in [0.5, 0.6) is 17.2 Å². The second-order valence-corrected chi connectivity index (χ2v) is 6.05. The Kier molecular flexibility index (Phi) is 7.79. The van der Waals surface area contributed by atoms with Crippen LogP contribution in [0, 0.1) is 6.92 Å². The third-order valence-electron chi connectivity index (χ3n) is 4.12. The molecular formula is C21H29N3O3. The maximum atomic E-state index is 5.48. The lowest BCUT2D eigenvalue weighted by Gasteiger charge is -2.16. The van der Waals surface area contributed by atoms with Crippen LogP contribution >= 0.6 is 0 Å². The summed E-state index contributed by atoms with van der Waals surface area (Å²) in [4.78, 5) is 4.66. The van der Waals surface area contributed by atoms with Gasteiger partial charge in [-0.2, -0.15) is 0 Å². The number of rotatable bonds is 8. The van der Waals surface area contributed by atoms with E-state index in [0.717, 1.165) is 23.8 Å². The van der Waals surface area contributed by atoms with Crippen LogP contribution in [0.15, 0.2) is 41.4 Å². The Morgan fingerprint density at radius 1 is 0.889 bits per heavy atom. The Balaban J connectivity index is 2.12. The fourth-order valence-electron chi connectivity index (χ4n) is 2.62. The van der Waals surface area contributed by atoms with Crippen molar-refractivity contribution in [3.63, 3.8) is 0 Å². The highest BCUT2D eigenvalue weighted by Gasteiger charge is 2.12. The minimum absolute atomic E-state index is 0.545. The molecule has 0 fully saturated rings. The van der Waals surface area contributed by atoms with Crippen LogP contribution in [0.3, 0.4) is 0 Å². The average Bonchev–Trinajstić information content (AvgIpc) is 2.70. The topological polar surface area (TPSA) is 64.1 Å². The van der Waals surface area contributed by atoms with E-state index in [9.17, 15) is 0 Å². The average molecular weight is 371 g/mol. The summed E-state index contributed by atoms with van der Waals surface area (Å²) in [5.74, 6) is 2.78. The van der Waals surface area contributed by atoms with Gasteiger partial charge in [0.1, 0.15) is 5.75 Å². The molecule has 0 unspecified atom stereocenters. The van der Waals surface area contributed by atoms with Gasteiger partial charge in [0.05, 0.1) is 27.9 Å². The van der Waals surface area contributed by atoms with Crippen LogP contribution in [0.25, 0.3) is 0 Å². The van der Waals surface area contributed by atoms with Crippen molar-refractivity contribution in [2.45, 2.75) is 26.9 Å². The number of hydrogen-bond donors (Lipinski definition) is 2. The van der Waals surface area contributed by atoms with E-state index < -0.39 is 0 Å². The van der Waals surface area contributed by atoms with Gasteiger partial charge in [-0.3, -0.25) is 0 Å². The van der Waals surface area contributed by atoms with Gasteiger partial charge in [0, 0.05) is 24.7 Å². The van der Waals surface area contributed by atoms with Gasteiger partial charge in [0.2, 0.25) is 0 Å². The van der Waals surface area contributed by atoms with Crippen molar-refractivity contribution in [1.29, 1.82) is 0 Å². The standard InChI is InChI=1S/C21H29N3O3/c1-6-22-21(23-13-16-9-7-15(2)8-10-16)24-14-17-11-19(26-4)20(27-5)12-18(17)25-3/h7-12H,6,13-14H2,1-5H3,(H2,22,23,24). The Labute approximate surface area is 161 Å². The summed E-state index contributed by atoms with van der Waals surface area (Å²) in [6, 6.07) is 12.1. The molecule has 2 aromatic rings. The Hall–Kier alpha value is -2.89. The molecule has 0 saturated heterocycles. The molecule has 146 valence electrons. The second kappa shape index (κ2) is 10.3. The molecule has 0 atom stereocenters. The van der Waals surface area contributed by atoms with E-state index in [1.165, 1.54) is 11.1 Å². The lowest BCUT2D eigenvalue weighted by molar-refractivity contribution is 0.347. The number of hydrogen-bond acceptors (Lipinski definition) is 4. The van der Waals surface area contributed by atoms with E-state index in [2.05, 4.69) is 46.8 Å². The van der Waals surface area contributed by atoms with Gasteiger partial charge in [-0.05, 0) is 25.5 Å². The van der Waals surface area contributed by atoms with Crippen LogP contribution in [0.1, 0.15) is 23.6 Å². The first kappa shape index (κ1) is 20.4. The lowest BCUT2D eigenvalue weighted by atomic mass is 10.1. The molecule has 0 radical (unpaired) electrons. The van der Waals surface area contributed by atoms with E-state index in [1.54, 1.807) is 21.3 Å². The van der Waals surface area contributed by atoms with Crippen LogP contribution < -0.4 is 24.8 Å². The first-order valence-electron chi connectivity index (χ1n) is 8.97. The number of nitrogens with one attached hydrogen (secondary N) is 2. The molecule has 2 N–H and O–H groups in total. The van der Waals surface area contributed by atoms with Gasteiger partial charge in [0.15, 0.2) is 17.5 Å². The zero-order valence-electron chi connectivity index (χ0n) is 16.8. The van der Waals surface area contributed by atoms with Gasteiger partial charge >= 0.3 is 0 Å². The maximum Gasteiger partial charge on any atom is 0.191 e. The second-order valence-electron chi connectivity index (χ2n) is 6.05. The molecule has 0 saturated carbocycles. The summed E-state index contributed by atoms with van der Waals surface area (Å²) >= 11 is 0. The molecule has 27 heavy (non-hydrogen) atoms. The fraction of sp³-hybridized carbons (Fsp3) is 0.381. The van der Waals surface area contributed by atoms with Crippen LogP contribution in [0.2, 0.25) is 0 Å². The van der Waals surface area contributed by atoms with Gasteiger partial charge in [0.25, 0.3) is 0 Å². The number of ether oxygens (including phenoxy) is 3. The number of guanidine groups is 1. The summed E-state index contributed by atoms with van der Waals surface area (Å²) in [6.07, 6.45) is 0. The molecule has 0 aliphatic carbocycles. The predicted octanol–water partition coefficient (Wildman–Crippen LogP) is 3.28. The summed E-state index contributed by atoms with van der Waals surface area (Å²) in [5.41, 5.74) is 3.37. The molecule has 0 aliphatic rings. The minimum Gasteiger partial charge on any atom is -0.496 e. The molecule has 6 nitrogen and oxygen atoms in total. The van der Waals surface area contributed by atoms with E-state index in [0.29, 0.717) is 24.6 Å². The number of benzene rings is 2.